The van der Waals surface area contributed by atoms with E-state index in [0.717, 1.165) is 16.9 Å². The maximum atomic E-state index is 11.7. The van der Waals surface area contributed by atoms with Crippen LogP contribution in [0.4, 0.5) is 23.1 Å². The molecule has 0 atom stereocenters. The third kappa shape index (κ3) is 4.32. The van der Waals surface area contributed by atoms with E-state index in [2.05, 4.69) is 25.8 Å². The zero-order valence-corrected chi connectivity index (χ0v) is 14.6. The normalized spacial score (nSPS) is 10.2. The summed E-state index contributed by atoms with van der Waals surface area (Å²) < 4.78 is 4.97. The number of aryl methyl sites for hydroxylation is 1. The molecule has 0 saturated carbocycles. The van der Waals surface area contributed by atoms with Gasteiger partial charge in [-0.2, -0.15) is 10.1 Å². The van der Waals surface area contributed by atoms with Crippen LogP contribution in [0.1, 0.15) is 22.8 Å². The minimum atomic E-state index is -0.346. The van der Waals surface area contributed by atoms with Crippen LogP contribution in [-0.2, 0) is 4.74 Å². The molecule has 0 aliphatic heterocycles. The molecule has 0 saturated heterocycles. The summed E-state index contributed by atoms with van der Waals surface area (Å²) in [6.45, 7) is 4.14. The molecule has 1 heterocycles. The van der Waals surface area contributed by atoms with Gasteiger partial charge in [0, 0.05) is 11.4 Å². The second-order valence-corrected chi connectivity index (χ2v) is 5.53. The lowest BCUT2D eigenvalue weighted by Crippen LogP contribution is -2.05. The monoisotopic (exact) mass is 349 g/mol. The van der Waals surface area contributed by atoms with Crippen LogP contribution in [0.3, 0.4) is 0 Å². The van der Waals surface area contributed by atoms with E-state index in [1.165, 1.54) is 0 Å². The van der Waals surface area contributed by atoms with E-state index in [4.69, 9.17) is 4.74 Å². The van der Waals surface area contributed by atoms with Gasteiger partial charge in [0.1, 0.15) is 0 Å². The van der Waals surface area contributed by atoms with E-state index in [1.54, 1.807) is 37.4 Å². The van der Waals surface area contributed by atoms with E-state index in [0.29, 0.717) is 23.9 Å². The van der Waals surface area contributed by atoms with Crippen molar-refractivity contribution in [3.63, 3.8) is 0 Å². The number of para-hydroxylation sites is 1. The van der Waals surface area contributed by atoms with Gasteiger partial charge in [-0.1, -0.05) is 18.2 Å². The highest BCUT2D eigenvalue weighted by Gasteiger charge is 2.07. The van der Waals surface area contributed by atoms with Crippen LogP contribution in [0.2, 0.25) is 0 Å². The summed E-state index contributed by atoms with van der Waals surface area (Å²) in [5.74, 6) is 0.591. The van der Waals surface area contributed by atoms with Gasteiger partial charge in [-0.05, 0) is 49.7 Å². The molecule has 0 radical (unpaired) electrons. The van der Waals surface area contributed by atoms with Gasteiger partial charge in [0.25, 0.3) is 0 Å². The van der Waals surface area contributed by atoms with Crippen molar-refractivity contribution < 1.29 is 9.53 Å². The van der Waals surface area contributed by atoms with Crippen LogP contribution in [0.25, 0.3) is 0 Å². The molecule has 0 unspecified atom stereocenters. The topological polar surface area (TPSA) is 89.0 Å². The SMILES string of the molecule is CCOC(=O)c1ccc(Nc2nncc(Nc3ccccc3C)n2)cc1. The molecule has 0 aliphatic rings. The third-order valence-corrected chi connectivity index (χ3v) is 3.62. The Kier molecular flexibility index (Phi) is 5.38. The number of carbonyl (C=O) groups excluding carboxylic acids is 1. The van der Waals surface area contributed by atoms with Crippen molar-refractivity contribution >= 4 is 29.1 Å². The molecule has 0 bridgehead atoms. The number of nitrogens with zero attached hydrogens (tertiary/aromatic N) is 3. The number of esters is 1. The number of rotatable bonds is 6. The summed E-state index contributed by atoms with van der Waals surface area (Å²) in [6.07, 6.45) is 1.56. The molecule has 0 aliphatic carbocycles. The van der Waals surface area contributed by atoms with Crippen molar-refractivity contribution in [2.45, 2.75) is 13.8 Å². The zero-order chi connectivity index (χ0) is 18.4. The summed E-state index contributed by atoms with van der Waals surface area (Å²) in [5.41, 5.74) is 3.30. The predicted molar refractivity (Wildman–Crippen MR) is 100.0 cm³/mol. The first-order chi connectivity index (χ1) is 12.7. The molecule has 7 nitrogen and oxygen atoms in total. The van der Waals surface area contributed by atoms with Gasteiger partial charge >= 0.3 is 5.97 Å². The van der Waals surface area contributed by atoms with E-state index in [-0.39, 0.29) is 5.97 Å². The molecule has 26 heavy (non-hydrogen) atoms. The first-order valence-corrected chi connectivity index (χ1v) is 8.22. The van der Waals surface area contributed by atoms with Crippen molar-refractivity contribution in [3.05, 3.63) is 65.9 Å². The molecule has 7 heteroatoms. The number of hydrogen-bond acceptors (Lipinski definition) is 7. The van der Waals surface area contributed by atoms with Crippen molar-refractivity contribution in [3.8, 4) is 0 Å². The van der Waals surface area contributed by atoms with Crippen LogP contribution in [0.15, 0.2) is 54.7 Å². The Hall–Kier alpha value is -3.48. The van der Waals surface area contributed by atoms with Crippen molar-refractivity contribution in [2.24, 2.45) is 0 Å². The second kappa shape index (κ2) is 8.06. The van der Waals surface area contributed by atoms with Gasteiger partial charge in [0.15, 0.2) is 5.82 Å². The standard InChI is InChI=1S/C19H19N5O2/c1-3-26-18(25)14-8-10-15(11-9-14)21-19-23-17(12-20-24-19)22-16-7-5-4-6-13(16)2/h4-12H,3H2,1-2H3,(H2,21,22,23,24). The molecular weight excluding hydrogens is 330 g/mol. The van der Waals surface area contributed by atoms with E-state index in [1.807, 2.05) is 31.2 Å². The molecule has 2 aromatic carbocycles. The van der Waals surface area contributed by atoms with Gasteiger partial charge in [0.05, 0.1) is 18.4 Å². The van der Waals surface area contributed by atoms with Gasteiger partial charge < -0.3 is 15.4 Å². The zero-order valence-electron chi connectivity index (χ0n) is 14.6. The number of benzene rings is 2. The van der Waals surface area contributed by atoms with Crippen LogP contribution in [0, 0.1) is 6.92 Å². The van der Waals surface area contributed by atoms with E-state index >= 15 is 0 Å². The first-order valence-electron chi connectivity index (χ1n) is 8.22. The minimum absolute atomic E-state index is 0.346. The number of anilines is 4. The molecule has 3 rings (SSSR count). The molecule has 132 valence electrons. The number of nitrogens with one attached hydrogen (secondary N) is 2. The van der Waals surface area contributed by atoms with Gasteiger partial charge in [0.2, 0.25) is 5.95 Å². The third-order valence-electron chi connectivity index (χ3n) is 3.62. The lowest BCUT2D eigenvalue weighted by molar-refractivity contribution is 0.0526. The van der Waals surface area contributed by atoms with Crippen molar-refractivity contribution in [1.29, 1.82) is 0 Å². The molecular formula is C19H19N5O2. The number of carbonyl (C=O) groups is 1. The molecule has 0 fully saturated rings. The lowest BCUT2D eigenvalue weighted by atomic mass is 10.2. The summed E-state index contributed by atoms with van der Waals surface area (Å²) in [4.78, 5) is 16.1. The number of aromatic nitrogens is 3. The van der Waals surface area contributed by atoms with Crippen molar-refractivity contribution in [2.75, 3.05) is 17.2 Å². The van der Waals surface area contributed by atoms with Crippen LogP contribution in [-0.4, -0.2) is 27.8 Å². The minimum Gasteiger partial charge on any atom is -0.462 e. The quantitative estimate of drug-likeness (QED) is 0.653. The Morgan fingerprint density at radius 2 is 1.85 bits per heavy atom. The molecule has 1 aromatic heterocycles. The molecule has 0 spiro atoms. The summed E-state index contributed by atoms with van der Waals surface area (Å²) in [7, 11) is 0. The average Bonchev–Trinajstić information content (AvgIpc) is 2.65. The fourth-order valence-electron chi connectivity index (χ4n) is 2.30. The summed E-state index contributed by atoms with van der Waals surface area (Å²) in [6, 6.07) is 14.8. The van der Waals surface area contributed by atoms with Crippen LogP contribution < -0.4 is 10.6 Å². The number of ether oxygens (including phenoxy) is 1. The van der Waals surface area contributed by atoms with Crippen LogP contribution >= 0.6 is 0 Å². The van der Waals surface area contributed by atoms with Gasteiger partial charge in [-0.3, -0.25) is 0 Å². The molecule has 3 aromatic rings. The predicted octanol–water partition coefficient (Wildman–Crippen LogP) is 3.84. The Bertz CT molecular complexity index is 896. The van der Waals surface area contributed by atoms with Gasteiger partial charge in [-0.15, -0.1) is 5.10 Å². The summed E-state index contributed by atoms with van der Waals surface area (Å²) in [5, 5.41) is 14.2. The highest BCUT2D eigenvalue weighted by atomic mass is 16.5. The van der Waals surface area contributed by atoms with Crippen molar-refractivity contribution in [1.82, 2.24) is 15.2 Å². The molecule has 0 amide bonds. The average molecular weight is 349 g/mol. The Balaban J connectivity index is 1.71. The Morgan fingerprint density at radius 3 is 2.58 bits per heavy atom. The smallest absolute Gasteiger partial charge is 0.338 e. The van der Waals surface area contributed by atoms with Gasteiger partial charge in [-0.25, -0.2) is 4.79 Å². The Labute approximate surface area is 151 Å². The number of hydrogen-bond donors (Lipinski definition) is 2. The fourth-order valence-corrected chi connectivity index (χ4v) is 2.30. The largest absolute Gasteiger partial charge is 0.462 e. The highest BCUT2D eigenvalue weighted by Crippen LogP contribution is 2.19. The summed E-state index contributed by atoms with van der Waals surface area (Å²) >= 11 is 0. The second-order valence-electron chi connectivity index (χ2n) is 5.53. The Morgan fingerprint density at radius 1 is 1.08 bits per heavy atom. The maximum Gasteiger partial charge on any atom is 0.338 e. The fraction of sp³-hybridized carbons (Fsp3) is 0.158. The van der Waals surface area contributed by atoms with E-state index in [9.17, 15) is 4.79 Å². The van der Waals surface area contributed by atoms with Crippen LogP contribution in [0.5, 0.6) is 0 Å². The highest BCUT2D eigenvalue weighted by molar-refractivity contribution is 5.89. The molecule has 2 N–H and O–H groups in total. The lowest BCUT2D eigenvalue weighted by Gasteiger charge is -2.09. The maximum absolute atomic E-state index is 11.7. The van der Waals surface area contributed by atoms with E-state index < -0.39 is 0 Å². The first kappa shape index (κ1) is 17.3.